The molecular formula is C30H37N7O. The van der Waals surface area contributed by atoms with Crippen LogP contribution in [0.4, 0.5) is 21.9 Å². The standard InChI is InChI=1S/C30H37N7O/c1-20(2)18-37(19-21(3)4)27-16-13-23(25-9-7-8-10-26(25)29-32-34-35-33-29)17-28(27)36(6)30(38)31-24-14-11-22(5)12-15-24/h7-17,20-21H,18-19H2,1-6H3,(H,31,38)(H,32,33,34,35). The van der Waals surface area contributed by atoms with Crippen LogP contribution in [0.15, 0.2) is 66.7 Å². The van der Waals surface area contributed by atoms with E-state index in [1.54, 1.807) is 4.90 Å². The number of carbonyl (C=O) groups is 1. The van der Waals surface area contributed by atoms with E-state index >= 15 is 0 Å². The third-order valence-electron chi connectivity index (χ3n) is 6.28. The van der Waals surface area contributed by atoms with Gasteiger partial charge in [-0.3, -0.25) is 4.90 Å². The Morgan fingerprint density at radius 3 is 2.16 bits per heavy atom. The molecule has 3 aromatic carbocycles. The molecule has 0 aliphatic rings. The number of tetrazole rings is 1. The fourth-order valence-corrected chi connectivity index (χ4v) is 4.54. The normalized spacial score (nSPS) is 11.2. The quantitative estimate of drug-likeness (QED) is 0.263. The number of hydrogen-bond acceptors (Lipinski definition) is 5. The monoisotopic (exact) mass is 511 g/mol. The minimum Gasteiger partial charge on any atom is -0.369 e. The van der Waals surface area contributed by atoms with Crippen molar-refractivity contribution in [3.05, 3.63) is 72.3 Å². The van der Waals surface area contributed by atoms with Crippen molar-refractivity contribution >= 4 is 23.1 Å². The van der Waals surface area contributed by atoms with Gasteiger partial charge in [0, 0.05) is 31.4 Å². The van der Waals surface area contributed by atoms with Crippen molar-refractivity contribution in [3.8, 4) is 22.5 Å². The lowest BCUT2D eigenvalue weighted by Crippen LogP contribution is -2.36. The largest absolute Gasteiger partial charge is 0.369 e. The summed E-state index contributed by atoms with van der Waals surface area (Å²) in [5, 5.41) is 17.7. The molecule has 1 aromatic heterocycles. The van der Waals surface area contributed by atoms with Gasteiger partial charge in [-0.2, -0.15) is 5.21 Å². The summed E-state index contributed by atoms with van der Waals surface area (Å²) in [5.74, 6) is 1.46. The highest BCUT2D eigenvalue weighted by molar-refractivity contribution is 6.04. The third-order valence-corrected chi connectivity index (χ3v) is 6.28. The van der Waals surface area contributed by atoms with Crippen LogP contribution in [0, 0.1) is 18.8 Å². The number of aromatic amines is 1. The number of benzene rings is 3. The molecule has 0 unspecified atom stereocenters. The SMILES string of the molecule is Cc1ccc(NC(=O)N(C)c2cc(-c3ccccc3-c3nn[nH]n3)ccc2N(CC(C)C)CC(C)C)cc1. The zero-order valence-corrected chi connectivity index (χ0v) is 23.1. The predicted molar refractivity (Wildman–Crippen MR) is 156 cm³/mol. The van der Waals surface area contributed by atoms with E-state index in [9.17, 15) is 4.79 Å². The summed E-state index contributed by atoms with van der Waals surface area (Å²) in [4.78, 5) is 17.6. The number of nitrogens with zero attached hydrogens (tertiary/aromatic N) is 5. The fourth-order valence-electron chi connectivity index (χ4n) is 4.54. The molecular weight excluding hydrogens is 474 g/mol. The Bertz CT molecular complexity index is 1340. The second kappa shape index (κ2) is 11.9. The van der Waals surface area contributed by atoms with E-state index in [1.165, 1.54) is 0 Å². The summed E-state index contributed by atoms with van der Waals surface area (Å²) in [6.07, 6.45) is 0. The minimum atomic E-state index is -0.201. The van der Waals surface area contributed by atoms with Crippen molar-refractivity contribution in [2.24, 2.45) is 11.8 Å². The molecule has 4 rings (SSSR count). The topological polar surface area (TPSA) is 90.0 Å². The van der Waals surface area contributed by atoms with E-state index in [0.29, 0.717) is 17.7 Å². The van der Waals surface area contributed by atoms with Gasteiger partial charge in [-0.05, 0) is 59.4 Å². The molecule has 0 saturated carbocycles. The van der Waals surface area contributed by atoms with Crippen molar-refractivity contribution in [1.29, 1.82) is 0 Å². The van der Waals surface area contributed by atoms with E-state index in [-0.39, 0.29) is 6.03 Å². The van der Waals surface area contributed by atoms with E-state index < -0.39 is 0 Å². The van der Waals surface area contributed by atoms with Crippen LogP contribution in [0.3, 0.4) is 0 Å². The Morgan fingerprint density at radius 1 is 0.895 bits per heavy atom. The molecule has 8 nitrogen and oxygen atoms in total. The van der Waals surface area contributed by atoms with E-state index in [4.69, 9.17) is 0 Å². The zero-order chi connectivity index (χ0) is 27.2. The van der Waals surface area contributed by atoms with Crippen molar-refractivity contribution in [3.63, 3.8) is 0 Å². The summed E-state index contributed by atoms with van der Waals surface area (Å²) in [6.45, 7) is 12.7. The minimum absolute atomic E-state index is 0.201. The second-order valence-electron chi connectivity index (χ2n) is 10.5. The predicted octanol–water partition coefficient (Wildman–Crippen LogP) is 6.63. The molecule has 0 aliphatic heterocycles. The molecule has 0 saturated heterocycles. The molecule has 0 atom stereocenters. The van der Waals surface area contributed by atoms with Crippen LogP contribution in [0.25, 0.3) is 22.5 Å². The second-order valence-corrected chi connectivity index (χ2v) is 10.5. The van der Waals surface area contributed by atoms with E-state index in [1.807, 2.05) is 62.5 Å². The molecule has 0 aliphatic carbocycles. The number of hydrogen-bond donors (Lipinski definition) is 2. The van der Waals surface area contributed by atoms with Gasteiger partial charge in [0.15, 0.2) is 0 Å². The first-order chi connectivity index (χ1) is 18.2. The summed E-state index contributed by atoms with van der Waals surface area (Å²) in [7, 11) is 1.82. The lowest BCUT2D eigenvalue weighted by molar-refractivity contribution is 0.258. The Morgan fingerprint density at radius 2 is 1.55 bits per heavy atom. The molecule has 0 fully saturated rings. The lowest BCUT2D eigenvalue weighted by Gasteiger charge is -2.33. The van der Waals surface area contributed by atoms with Gasteiger partial charge < -0.3 is 10.2 Å². The Kier molecular flexibility index (Phi) is 8.41. The lowest BCUT2D eigenvalue weighted by atomic mass is 9.97. The number of nitrogens with one attached hydrogen (secondary N) is 2. The Labute approximate surface area is 225 Å². The fraction of sp³-hybridized carbons (Fsp3) is 0.333. The first-order valence-corrected chi connectivity index (χ1v) is 13.1. The third kappa shape index (κ3) is 6.37. The van der Waals surface area contributed by atoms with Crippen molar-refractivity contribution < 1.29 is 4.79 Å². The number of amides is 2. The number of rotatable bonds is 9. The van der Waals surface area contributed by atoms with Gasteiger partial charge in [0.25, 0.3) is 0 Å². The highest BCUT2D eigenvalue weighted by atomic mass is 16.2. The van der Waals surface area contributed by atoms with Crippen LogP contribution in [0.2, 0.25) is 0 Å². The molecule has 198 valence electrons. The van der Waals surface area contributed by atoms with Crippen molar-refractivity contribution in [1.82, 2.24) is 20.6 Å². The summed E-state index contributed by atoms with van der Waals surface area (Å²) in [5.41, 5.74) is 6.55. The number of aromatic nitrogens is 4. The maximum atomic E-state index is 13.5. The number of urea groups is 1. The number of aryl methyl sites for hydroxylation is 1. The molecule has 4 aromatic rings. The molecule has 2 N–H and O–H groups in total. The van der Waals surface area contributed by atoms with Gasteiger partial charge >= 0.3 is 6.03 Å². The Hall–Kier alpha value is -4.20. The van der Waals surface area contributed by atoms with E-state index in [0.717, 1.165) is 52.4 Å². The summed E-state index contributed by atoms with van der Waals surface area (Å²) in [6, 6.07) is 21.9. The maximum absolute atomic E-state index is 13.5. The molecule has 38 heavy (non-hydrogen) atoms. The number of anilines is 3. The van der Waals surface area contributed by atoms with Gasteiger partial charge in [-0.1, -0.05) is 75.7 Å². The van der Waals surface area contributed by atoms with Crippen LogP contribution >= 0.6 is 0 Å². The Balaban J connectivity index is 1.79. The summed E-state index contributed by atoms with van der Waals surface area (Å²) >= 11 is 0. The van der Waals surface area contributed by atoms with Crippen molar-refractivity contribution in [2.75, 3.05) is 35.3 Å². The van der Waals surface area contributed by atoms with Gasteiger partial charge in [-0.15, -0.1) is 10.2 Å². The highest BCUT2D eigenvalue weighted by Gasteiger charge is 2.22. The molecule has 0 spiro atoms. The average Bonchev–Trinajstić information content (AvgIpc) is 3.43. The van der Waals surface area contributed by atoms with Crippen LogP contribution in [0.1, 0.15) is 33.3 Å². The van der Waals surface area contributed by atoms with Crippen LogP contribution in [0.5, 0.6) is 0 Å². The smallest absolute Gasteiger partial charge is 0.326 e. The average molecular weight is 512 g/mol. The van der Waals surface area contributed by atoms with Crippen LogP contribution in [-0.2, 0) is 0 Å². The number of carbonyl (C=O) groups excluding carboxylic acids is 1. The molecule has 8 heteroatoms. The van der Waals surface area contributed by atoms with Gasteiger partial charge in [0.1, 0.15) is 0 Å². The van der Waals surface area contributed by atoms with Crippen LogP contribution < -0.4 is 15.1 Å². The summed E-state index contributed by atoms with van der Waals surface area (Å²) < 4.78 is 0. The molecule has 0 radical (unpaired) electrons. The van der Waals surface area contributed by atoms with Gasteiger partial charge in [0.05, 0.1) is 11.4 Å². The highest BCUT2D eigenvalue weighted by Crippen LogP contribution is 2.37. The van der Waals surface area contributed by atoms with Gasteiger partial charge in [0.2, 0.25) is 5.82 Å². The van der Waals surface area contributed by atoms with E-state index in [2.05, 4.69) is 76.7 Å². The number of H-pyrrole nitrogens is 1. The first kappa shape index (κ1) is 26.9. The first-order valence-electron chi connectivity index (χ1n) is 13.1. The van der Waals surface area contributed by atoms with Crippen molar-refractivity contribution in [2.45, 2.75) is 34.6 Å². The zero-order valence-electron chi connectivity index (χ0n) is 23.1. The molecule has 0 bridgehead atoms. The molecule has 1 heterocycles. The van der Waals surface area contributed by atoms with Gasteiger partial charge in [-0.25, -0.2) is 4.79 Å². The maximum Gasteiger partial charge on any atom is 0.326 e. The molecule has 2 amide bonds. The van der Waals surface area contributed by atoms with Crippen LogP contribution in [-0.4, -0.2) is 46.8 Å².